The number of hydrogen-bond donors (Lipinski definition) is 2. The molecular formula is C20H33BOS. The molecule has 0 saturated heterocycles. The van der Waals surface area contributed by atoms with Crippen molar-refractivity contribution in [1.82, 2.24) is 0 Å². The van der Waals surface area contributed by atoms with E-state index in [0.717, 1.165) is 11.4 Å². The van der Waals surface area contributed by atoms with Crippen LogP contribution in [0.1, 0.15) is 71.8 Å². The zero-order valence-electron chi connectivity index (χ0n) is 15.3. The molecule has 0 aliphatic heterocycles. The molecule has 0 aromatic heterocycles. The van der Waals surface area contributed by atoms with Crippen molar-refractivity contribution in [3.05, 3.63) is 29.8 Å². The minimum atomic E-state index is -0.698. The highest BCUT2D eigenvalue weighted by Gasteiger charge is 2.30. The lowest BCUT2D eigenvalue weighted by Gasteiger charge is -2.32. The van der Waals surface area contributed by atoms with Gasteiger partial charge < -0.3 is 5.11 Å². The second-order valence-electron chi connectivity index (χ2n) is 7.91. The van der Waals surface area contributed by atoms with E-state index in [4.69, 9.17) is 7.85 Å². The first kappa shape index (κ1) is 20.6. The van der Waals surface area contributed by atoms with Crippen LogP contribution in [0, 0.1) is 5.92 Å². The average Bonchev–Trinajstić information content (AvgIpc) is 2.45. The van der Waals surface area contributed by atoms with Gasteiger partial charge in [-0.25, -0.2) is 0 Å². The molecule has 0 amide bonds. The Bertz CT molecular complexity index is 441. The summed E-state index contributed by atoms with van der Waals surface area (Å²) in [6.07, 6.45) is 9.79. The molecule has 1 aliphatic carbocycles. The van der Waals surface area contributed by atoms with Crippen LogP contribution in [0.25, 0.3) is 0 Å². The molecule has 1 saturated carbocycles. The van der Waals surface area contributed by atoms with Crippen molar-refractivity contribution in [2.75, 3.05) is 0 Å². The summed E-state index contributed by atoms with van der Waals surface area (Å²) in [5, 5.41) is 9.28. The molecule has 1 aliphatic rings. The highest BCUT2D eigenvalue weighted by Crippen LogP contribution is 2.27. The second-order valence-corrected chi connectivity index (χ2v) is 9.02. The summed E-state index contributed by atoms with van der Waals surface area (Å²) in [6, 6.07) is 8.33. The summed E-state index contributed by atoms with van der Waals surface area (Å²) in [6.45, 7) is 7.27. The van der Waals surface area contributed by atoms with Gasteiger partial charge in [-0.3, -0.25) is 0 Å². The van der Waals surface area contributed by atoms with Crippen molar-refractivity contribution >= 4 is 25.9 Å². The van der Waals surface area contributed by atoms with Gasteiger partial charge in [-0.2, -0.15) is 12.6 Å². The quantitative estimate of drug-likeness (QED) is 0.616. The van der Waals surface area contributed by atoms with E-state index in [-0.39, 0.29) is 4.75 Å². The van der Waals surface area contributed by atoms with E-state index in [9.17, 15) is 5.11 Å². The molecule has 23 heavy (non-hydrogen) atoms. The Morgan fingerprint density at radius 1 is 1.13 bits per heavy atom. The van der Waals surface area contributed by atoms with Gasteiger partial charge in [0, 0.05) is 4.75 Å². The van der Waals surface area contributed by atoms with Crippen molar-refractivity contribution in [2.24, 2.45) is 5.92 Å². The maximum Gasteiger partial charge on any atom is 0.113 e. The Balaban J connectivity index is 0.000000284. The van der Waals surface area contributed by atoms with Gasteiger partial charge in [0.05, 0.1) is 5.60 Å². The summed E-state index contributed by atoms with van der Waals surface area (Å²) in [5.74, 6) is 0.972. The molecule has 1 aromatic rings. The number of rotatable bonds is 4. The van der Waals surface area contributed by atoms with Crippen LogP contribution in [0.5, 0.6) is 0 Å². The fraction of sp³-hybridized carbons (Fsp3) is 0.700. The summed E-state index contributed by atoms with van der Waals surface area (Å²) < 4.78 is -0.312. The smallest absolute Gasteiger partial charge is 0.113 e. The Morgan fingerprint density at radius 2 is 1.70 bits per heavy atom. The van der Waals surface area contributed by atoms with Crippen LogP contribution < -0.4 is 5.46 Å². The van der Waals surface area contributed by atoms with Crippen LogP contribution >= 0.6 is 12.6 Å². The molecule has 2 radical (unpaired) electrons. The fourth-order valence-electron chi connectivity index (χ4n) is 2.60. The molecule has 2 rings (SSSR count). The van der Waals surface area contributed by atoms with Crippen molar-refractivity contribution in [3.8, 4) is 0 Å². The standard InChI is InChI=1S/C14H19B.C6H14OS/c15-14-8-4-7-13(11-14)10-9-12-5-2-1-3-6-12;1-5(2,7)6(3,4)8/h4,7-8,11-12H,1-3,5-6,9-10H2;7-8H,1-4H3. The summed E-state index contributed by atoms with van der Waals surface area (Å²) in [4.78, 5) is 0. The van der Waals surface area contributed by atoms with Crippen LogP contribution in [-0.4, -0.2) is 23.3 Å². The SMILES string of the molecule is CC(C)(O)C(C)(C)S.[B]c1cccc(CCC2CCCCC2)c1. The number of thiol groups is 1. The van der Waals surface area contributed by atoms with Crippen LogP contribution in [0.3, 0.4) is 0 Å². The van der Waals surface area contributed by atoms with Gasteiger partial charge in [0.15, 0.2) is 0 Å². The largest absolute Gasteiger partial charge is 0.389 e. The number of benzene rings is 1. The Kier molecular flexibility index (Phi) is 8.23. The van der Waals surface area contributed by atoms with Crippen LogP contribution in [0.15, 0.2) is 24.3 Å². The average molecular weight is 332 g/mol. The molecular weight excluding hydrogens is 299 g/mol. The molecule has 1 fully saturated rings. The molecule has 128 valence electrons. The van der Waals surface area contributed by atoms with E-state index in [1.807, 2.05) is 19.9 Å². The Morgan fingerprint density at radius 3 is 2.17 bits per heavy atom. The van der Waals surface area contributed by atoms with E-state index in [1.165, 1.54) is 50.5 Å². The third kappa shape index (κ3) is 8.31. The summed E-state index contributed by atoms with van der Waals surface area (Å²) >= 11 is 4.19. The monoisotopic (exact) mass is 332 g/mol. The van der Waals surface area contributed by atoms with Crippen molar-refractivity contribution < 1.29 is 5.11 Å². The number of hydrogen-bond acceptors (Lipinski definition) is 2. The molecule has 1 nitrogen and oxygen atoms in total. The van der Waals surface area contributed by atoms with Gasteiger partial charge in [-0.15, -0.1) is 0 Å². The first-order valence-corrected chi connectivity index (χ1v) is 9.33. The van der Waals surface area contributed by atoms with Gasteiger partial charge in [0.1, 0.15) is 7.85 Å². The minimum absolute atomic E-state index is 0.312. The van der Waals surface area contributed by atoms with Gasteiger partial charge in [0.2, 0.25) is 0 Å². The van der Waals surface area contributed by atoms with Crippen LogP contribution in [0.4, 0.5) is 0 Å². The van der Waals surface area contributed by atoms with Crippen LogP contribution in [-0.2, 0) is 6.42 Å². The molecule has 0 spiro atoms. The minimum Gasteiger partial charge on any atom is -0.389 e. The number of aliphatic hydroxyl groups is 1. The van der Waals surface area contributed by atoms with Crippen LogP contribution in [0.2, 0.25) is 0 Å². The van der Waals surface area contributed by atoms with Crippen molar-refractivity contribution in [2.45, 2.75) is 83.0 Å². The highest BCUT2D eigenvalue weighted by atomic mass is 32.1. The summed E-state index contributed by atoms with van der Waals surface area (Å²) in [7, 11) is 5.77. The molecule has 0 unspecified atom stereocenters. The van der Waals surface area contributed by atoms with Crippen molar-refractivity contribution in [1.29, 1.82) is 0 Å². The zero-order valence-corrected chi connectivity index (χ0v) is 16.2. The lowest BCUT2D eigenvalue weighted by molar-refractivity contribution is 0.0500. The third-order valence-corrected chi connectivity index (χ3v) is 5.56. The topological polar surface area (TPSA) is 20.2 Å². The molecule has 1 aromatic carbocycles. The predicted octanol–water partition coefficient (Wildman–Crippen LogP) is 4.46. The zero-order chi connectivity index (χ0) is 17.5. The molecule has 1 N–H and O–H groups in total. The number of aryl methyl sites for hydroxylation is 1. The normalized spacial score (nSPS) is 16.6. The van der Waals surface area contributed by atoms with Gasteiger partial charge in [0.25, 0.3) is 0 Å². The maximum atomic E-state index is 9.28. The van der Waals surface area contributed by atoms with E-state index in [2.05, 4.69) is 30.8 Å². The maximum absolute atomic E-state index is 9.28. The Hall–Kier alpha value is -0.405. The van der Waals surface area contributed by atoms with Gasteiger partial charge in [-0.1, -0.05) is 61.8 Å². The van der Waals surface area contributed by atoms with E-state index < -0.39 is 5.60 Å². The lowest BCUT2D eigenvalue weighted by atomic mass is 9.84. The lowest BCUT2D eigenvalue weighted by Crippen LogP contribution is -2.40. The highest BCUT2D eigenvalue weighted by molar-refractivity contribution is 7.81. The molecule has 0 atom stereocenters. The van der Waals surface area contributed by atoms with Gasteiger partial charge >= 0.3 is 0 Å². The molecule has 0 bridgehead atoms. The Labute approximate surface area is 150 Å². The van der Waals surface area contributed by atoms with E-state index in [0.29, 0.717) is 0 Å². The van der Waals surface area contributed by atoms with E-state index >= 15 is 0 Å². The first-order chi connectivity index (χ1) is 10.6. The summed E-state index contributed by atoms with van der Waals surface area (Å²) in [5.41, 5.74) is 1.60. The van der Waals surface area contributed by atoms with E-state index in [1.54, 1.807) is 13.8 Å². The molecule has 0 heterocycles. The molecule has 3 heteroatoms. The van der Waals surface area contributed by atoms with Gasteiger partial charge in [-0.05, 0) is 52.0 Å². The first-order valence-electron chi connectivity index (χ1n) is 8.89. The second kappa shape index (κ2) is 9.18. The van der Waals surface area contributed by atoms with Crippen molar-refractivity contribution in [3.63, 3.8) is 0 Å². The third-order valence-electron chi connectivity index (χ3n) is 5.01. The fourth-order valence-corrected chi connectivity index (χ4v) is 2.60. The predicted molar refractivity (Wildman–Crippen MR) is 106 cm³/mol.